The van der Waals surface area contributed by atoms with Crippen LogP contribution in [0.1, 0.15) is 36.1 Å². The van der Waals surface area contributed by atoms with Crippen molar-refractivity contribution in [2.24, 2.45) is 13.0 Å². The highest BCUT2D eigenvalue weighted by atomic mass is 15.3. The average molecular weight is 348 g/mol. The Labute approximate surface area is 155 Å². The van der Waals surface area contributed by atoms with E-state index in [0.717, 1.165) is 23.8 Å². The fourth-order valence-electron chi connectivity index (χ4n) is 4.14. The van der Waals surface area contributed by atoms with Crippen molar-refractivity contribution in [3.8, 4) is 0 Å². The molecule has 0 aliphatic carbocycles. The van der Waals surface area contributed by atoms with E-state index in [1.165, 1.54) is 55.3 Å². The van der Waals surface area contributed by atoms with Crippen molar-refractivity contribution in [2.45, 2.75) is 39.2 Å². The van der Waals surface area contributed by atoms with E-state index in [1.54, 1.807) is 0 Å². The third-order valence-electron chi connectivity index (χ3n) is 5.72. The lowest BCUT2D eigenvalue weighted by molar-refractivity contribution is 0.172. The number of fused-ring (bicyclic) bond motifs is 1. The summed E-state index contributed by atoms with van der Waals surface area (Å²) in [5, 5.41) is 5.66. The second-order valence-electron chi connectivity index (χ2n) is 7.67. The third-order valence-corrected chi connectivity index (χ3v) is 5.72. The molecule has 1 aliphatic heterocycles. The fraction of sp³-hybridized carbons (Fsp3) is 0.455. The molecule has 0 saturated carbocycles. The van der Waals surface area contributed by atoms with Crippen LogP contribution in [0.25, 0.3) is 11.0 Å². The van der Waals surface area contributed by atoms with Crippen LogP contribution in [-0.2, 0) is 20.0 Å². The van der Waals surface area contributed by atoms with Gasteiger partial charge in [-0.3, -0.25) is 9.58 Å². The normalized spacial score (nSPS) is 16.4. The second kappa shape index (κ2) is 7.58. The van der Waals surface area contributed by atoms with Gasteiger partial charge < -0.3 is 0 Å². The third kappa shape index (κ3) is 3.80. The van der Waals surface area contributed by atoms with E-state index in [4.69, 9.17) is 0 Å². The van der Waals surface area contributed by atoms with Gasteiger partial charge in [0.15, 0.2) is 5.65 Å². The highest BCUT2D eigenvalue weighted by molar-refractivity contribution is 5.78. The van der Waals surface area contributed by atoms with Crippen molar-refractivity contribution in [1.82, 2.24) is 19.7 Å². The molecule has 0 radical (unpaired) electrons. The van der Waals surface area contributed by atoms with Gasteiger partial charge in [-0.25, -0.2) is 4.98 Å². The van der Waals surface area contributed by atoms with E-state index in [9.17, 15) is 0 Å². The predicted octanol–water partition coefficient (Wildman–Crippen LogP) is 4.12. The zero-order valence-electron chi connectivity index (χ0n) is 15.9. The molecule has 4 rings (SSSR count). The summed E-state index contributed by atoms with van der Waals surface area (Å²) in [7, 11) is 1.96. The average Bonchev–Trinajstić information content (AvgIpc) is 2.95. The Balaban J connectivity index is 1.30. The number of aryl methyl sites for hydroxylation is 3. The quantitative estimate of drug-likeness (QED) is 0.695. The molecule has 0 atom stereocenters. The SMILES string of the molecule is Cc1nn(C)c2ncc(CN3CCC(CCc4ccccc4)CC3)cc12. The number of hydrogen-bond acceptors (Lipinski definition) is 3. The monoisotopic (exact) mass is 348 g/mol. The summed E-state index contributed by atoms with van der Waals surface area (Å²) >= 11 is 0. The van der Waals surface area contributed by atoms with Gasteiger partial charge in [0.05, 0.1) is 5.69 Å². The van der Waals surface area contributed by atoms with Crippen molar-refractivity contribution in [3.63, 3.8) is 0 Å². The maximum Gasteiger partial charge on any atom is 0.157 e. The smallest absolute Gasteiger partial charge is 0.157 e. The molecule has 0 bridgehead atoms. The Bertz CT molecular complexity index is 860. The van der Waals surface area contributed by atoms with Crippen LogP contribution < -0.4 is 0 Å². The Morgan fingerprint density at radius 3 is 2.62 bits per heavy atom. The molecule has 2 aromatic heterocycles. The molecule has 4 heteroatoms. The van der Waals surface area contributed by atoms with Crippen LogP contribution in [0.5, 0.6) is 0 Å². The number of pyridine rings is 1. The van der Waals surface area contributed by atoms with Crippen LogP contribution in [-0.4, -0.2) is 32.8 Å². The molecular formula is C22H28N4. The zero-order valence-corrected chi connectivity index (χ0v) is 15.9. The van der Waals surface area contributed by atoms with Crippen LogP contribution in [0.2, 0.25) is 0 Å². The van der Waals surface area contributed by atoms with Gasteiger partial charge in [-0.15, -0.1) is 0 Å². The van der Waals surface area contributed by atoms with Gasteiger partial charge in [0.2, 0.25) is 0 Å². The minimum Gasteiger partial charge on any atom is -0.299 e. The van der Waals surface area contributed by atoms with Gasteiger partial charge in [0, 0.05) is 25.2 Å². The summed E-state index contributed by atoms with van der Waals surface area (Å²) < 4.78 is 1.87. The van der Waals surface area contributed by atoms with E-state index in [-0.39, 0.29) is 0 Å². The Kier molecular flexibility index (Phi) is 5.02. The van der Waals surface area contributed by atoms with E-state index in [2.05, 4.69) is 58.3 Å². The molecular weight excluding hydrogens is 320 g/mol. The van der Waals surface area contributed by atoms with Gasteiger partial charge in [-0.1, -0.05) is 30.3 Å². The summed E-state index contributed by atoms with van der Waals surface area (Å²) in [5.74, 6) is 0.868. The maximum atomic E-state index is 4.62. The molecule has 0 unspecified atom stereocenters. The molecule has 0 spiro atoms. The summed E-state index contributed by atoms with van der Waals surface area (Å²) in [6.07, 6.45) is 7.18. The van der Waals surface area contributed by atoms with Crippen molar-refractivity contribution in [1.29, 1.82) is 0 Å². The molecule has 4 nitrogen and oxygen atoms in total. The first-order chi connectivity index (χ1) is 12.7. The van der Waals surface area contributed by atoms with Crippen molar-refractivity contribution < 1.29 is 0 Å². The minimum atomic E-state index is 0.868. The first-order valence-electron chi connectivity index (χ1n) is 9.73. The number of hydrogen-bond donors (Lipinski definition) is 0. The largest absolute Gasteiger partial charge is 0.299 e. The van der Waals surface area contributed by atoms with Crippen LogP contribution in [0, 0.1) is 12.8 Å². The lowest BCUT2D eigenvalue weighted by atomic mass is 9.90. The topological polar surface area (TPSA) is 34.0 Å². The molecule has 0 N–H and O–H groups in total. The Hall–Kier alpha value is -2.20. The fourth-order valence-corrected chi connectivity index (χ4v) is 4.14. The van der Waals surface area contributed by atoms with Gasteiger partial charge >= 0.3 is 0 Å². The minimum absolute atomic E-state index is 0.868. The van der Waals surface area contributed by atoms with E-state index in [0.29, 0.717) is 0 Å². The van der Waals surface area contributed by atoms with Crippen LogP contribution in [0.15, 0.2) is 42.6 Å². The standard InChI is InChI=1S/C22H28N4/c1-17-21-14-20(15-23-22(21)25(2)24-17)16-26-12-10-19(11-13-26)9-8-18-6-4-3-5-7-18/h3-7,14-15,19H,8-13,16H2,1-2H3. The highest BCUT2D eigenvalue weighted by Crippen LogP contribution is 2.24. The number of aromatic nitrogens is 3. The van der Waals surface area contributed by atoms with E-state index in [1.807, 2.05) is 17.9 Å². The Morgan fingerprint density at radius 1 is 1.08 bits per heavy atom. The molecule has 1 aromatic carbocycles. The summed E-state index contributed by atoms with van der Waals surface area (Å²) in [4.78, 5) is 7.20. The lowest BCUT2D eigenvalue weighted by Crippen LogP contribution is -2.33. The Morgan fingerprint density at radius 2 is 1.85 bits per heavy atom. The molecule has 1 fully saturated rings. The van der Waals surface area contributed by atoms with Gasteiger partial charge in [-0.2, -0.15) is 5.10 Å². The predicted molar refractivity (Wildman–Crippen MR) is 106 cm³/mol. The number of piperidine rings is 1. The van der Waals surface area contributed by atoms with Gasteiger partial charge in [-0.05, 0) is 68.8 Å². The number of likely N-dealkylation sites (tertiary alicyclic amines) is 1. The van der Waals surface area contributed by atoms with Crippen molar-refractivity contribution in [3.05, 3.63) is 59.4 Å². The molecule has 3 aromatic rings. The zero-order chi connectivity index (χ0) is 17.9. The molecule has 0 amide bonds. The molecule has 26 heavy (non-hydrogen) atoms. The van der Waals surface area contributed by atoms with Crippen LogP contribution >= 0.6 is 0 Å². The maximum absolute atomic E-state index is 4.62. The molecule has 1 aliphatic rings. The van der Waals surface area contributed by atoms with Crippen LogP contribution in [0.3, 0.4) is 0 Å². The lowest BCUT2D eigenvalue weighted by Gasteiger charge is -2.32. The van der Waals surface area contributed by atoms with Crippen molar-refractivity contribution in [2.75, 3.05) is 13.1 Å². The van der Waals surface area contributed by atoms with Gasteiger partial charge in [0.1, 0.15) is 0 Å². The first-order valence-corrected chi connectivity index (χ1v) is 9.73. The number of rotatable bonds is 5. The molecule has 136 valence electrons. The van der Waals surface area contributed by atoms with E-state index < -0.39 is 0 Å². The second-order valence-corrected chi connectivity index (χ2v) is 7.67. The van der Waals surface area contributed by atoms with Crippen LogP contribution in [0.4, 0.5) is 0 Å². The van der Waals surface area contributed by atoms with Gasteiger partial charge in [0.25, 0.3) is 0 Å². The number of nitrogens with zero attached hydrogens (tertiary/aromatic N) is 4. The molecule has 1 saturated heterocycles. The summed E-state index contributed by atoms with van der Waals surface area (Å²) in [6, 6.07) is 13.2. The molecule has 3 heterocycles. The summed E-state index contributed by atoms with van der Waals surface area (Å²) in [5.41, 5.74) is 4.82. The van der Waals surface area contributed by atoms with E-state index >= 15 is 0 Å². The number of benzene rings is 1. The van der Waals surface area contributed by atoms with Crippen molar-refractivity contribution >= 4 is 11.0 Å². The summed E-state index contributed by atoms with van der Waals surface area (Å²) in [6.45, 7) is 5.46. The first kappa shape index (κ1) is 17.2. The highest BCUT2D eigenvalue weighted by Gasteiger charge is 2.19.